The Labute approximate surface area is 181 Å². The quantitative estimate of drug-likeness (QED) is 0.537. The van der Waals surface area contributed by atoms with Crippen LogP contribution < -0.4 is 14.8 Å². The second-order valence-corrected chi connectivity index (χ2v) is 8.57. The average Bonchev–Trinajstić information content (AvgIpc) is 2.74. The summed E-state index contributed by atoms with van der Waals surface area (Å²) in [7, 11) is -3.85. The molecule has 0 spiro atoms. The Bertz CT molecular complexity index is 1180. The molecule has 8 heteroatoms. The summed E-state index contributed by atoms with van der Waals surface area (Å²) in [5.41, 5.74) is 2.58. The fraction of sp³-hybridized carbons (Fsp3) is 0.174. The van der Waals surface area contributed by atoms with Gasteiger partial charge in [-0.3, -0.25) is 9.52 Å². The largest absolute Gasteiger partial charge is 0.483 e. The highest BCUT2D eigenvalue weighted by Gasteiger charge is 2.16. The summed E-state index contributed by atoms with van der Waals surface area (Å²) in [6.45, 7) is 3.49. The van der Waals surface area contributed by atoms with Crippen molar-refractivity contribution >= 4 is 27.3 Å². The number of sulfonamides is 1. The van der Waals surface area contributed by atoms with E-state index in [0.29, 0.717) is 11.3 Å². The number of aryl methyl sites for hydroxylation is 2. The summed E-state index contributed by atoms with van der Waals surface area (Å²) >= 11 is 0. The summed E-state index contributed by atoms with van der Waals surface area (Å²) in [4.78, 5) is 12.3. The third-order valence-corrected chi connectivity index (χ3v) is 5.96. The van der Waals surface area contributed by atoms with Crippen molar-refractivity contribution in [3.05, 3.63) is 83.7 Å². The first-order valence-corrected chi connectivity index (χ1v) is 11.2. The molecule has 0 aliphatic heterocycles. The second-order valence-electron chi connectivity index (χ2n) is 6.89. The van der Waals surface area contributed by atoms with E-state index in [-0.39, 0.29) is 23.1 Å². The van der Waals surface area contributed by atoms with Crippen molar-refractivity contribution in [3.8, 4) is 5.75 Å². The van der Waals surface area contributed by atoms with Crippen molar-refractivity contribution in [2.45, 2.75) is 25.2 Å². The van der Waals surface area contributed by atoms with E-state index in [1.165, 1.54) is 42.5 Å². The monoisotopic (exact) mass is 442 g/mol. The summed E-state index contributed by atoms with van der Waals surface area (Å²) in [5.74, 6) is -0.364. The SMILES string of the molecule is CCc1ccccc1NC(=O)COc1ccc(S(=O)(=O)Nc2ccc(F)cc2)cc1C. The number of carbonyl (C=O) groups is 1. The molecule has 1 amide bonds. The first-order valence-electron chi connectivity index (χ1n) is 9.68. The number of ether oxygens (including phenoxy) is 1. The second kappa shape index (κ2) is 9.61. The van der Waals surface area contributed by atoms with Gasteiger partial charge in [0, 0.05) is 11.4 Å². The number of anilines is 2. The van der Waals surface area contributed by atoms with Gasteiger partial charge in [-0.15, -0.1) is 0 Å². The highest BCUT2D eigenvalue weighted by molar-refractivity contribution is 7.92. The molecular formula is C23H23FN2O4S. The zero-order chi connectivity index (χ0) is 22.4. The van der Waals surface area contributed by atoms with Crippen LogP contribution in [0, 0.1) is 12.7 Å². The van der Waals surface area contributed by atoms with Crippen molar-refractivity contribution in [2.75, 3.05) is 16.6 Å². The Morgan fingerprint density at radius 3 is 2.42 bits per heavy atom. The molecule has 0 aliphatic carbocycles. The fourth-order valence-electron chi connectivity index (χ4n) is 2.96. The lowest BCUT2D eigenvalue weighted by Crippen LogP contribution is -2.21. The van der Waals surface area contributed by atoms with E-state index in [2.05, 4.69) is 10.0 Å². The molecule has 3 aromatic carbocycles. The van der Waals surface area contributed by atoms with Crippen LogP contribution in [0.4, 0.5) is 15.8 Å². The van der Waals surface area contributed by atoms with Crippen molar-refractivity contribution in [1.82, 2.24) is 0 Å². The molecule has 3 rings (SSSR count). The highest BCUT2D eigenvalue weighted by atomic mass is 32.2. The van der Waals surface area contributed by atoms with Gasteiger partial charge >= 0.3 is 0 Å². The van der Waals surface area contributed by atoms with Gasteiger partial charge < -0.3 is 10.1 Å². The molecule has 0 radical (unpaired) electrons. The van der Waals surface area contributed by atoms with Gasteiger partial charge in [0.25, 0.3) is 15.9 Å². The summed E-state index contributed by atoms with van der Waals surface area (Å²) < 4.78 is 46.1. The standard InChI is InChI=1S/C23H23FN2O4S/c1-3-17-6-4-5-7-21(17)25-23(27)15-30-22-13-12-20(14-16(22)2)31(28,29)26-19-10-8-18(24)9-11-19/h4-14,26H,3,15H2,1-2H3,(H,25,27). The van der Waals surface area contributed by atoms with Crippen LogP contribution in [0.25, 0.3) is 0 Å². The van der Waals surface area contributed by atoms with Crippen LogP contribution >= 0.6 is 0 Å². The molecule has 0 saturated heterocycles. The maximum Gasteiger partial charge on any atom is 0.262 e. The highest BCUT2D eigenvalue weighted by Crippen LogP contribution is 2.24. The summed E-state index contributed by atoms with van der Waals surface area (Å²) in [5, 5.41) is 2.82. The third kappa shape index (κ3) is 5.82. The van der Waals surface area contributed by atoms with E-state index in [4.69, 9.17) is 4.74 Å². The van der Waals surface area contributed by atoms with Gasteiger partial charge in [-0.1, -0.05) is 25.1 Å². The minimum atomic E-state index is -3.85. The molecular weight excluding hydrogens is 419 g/mol. The lowest BCUT2D eigenvalue weighted by Gasteiger charge is -2.13. The minimum absolute atomic E-state index is 0.0306. The maximum atomic E-state index is 13.0. The molecule has 3 aromatic rings. The van der Waals surface area contributed by atoms with E-state index < -0.39 is 15.8 Å². The molecule has 0 bridgehead atoms. The average molecular weight is 443 g/mol. The number of benzene rings is 3. The van der Waals surface area contributed by atoms with Crippen LogP contribution in [0.3, 0.4) is 0 Å². The van der Waals surface area contributed by atoms with E-state index >= 15 is 0 Å². The first-order chi connectivity index (χ1) is 14.8. The Morgan fingerprint density at radius 2 is 1.74 bits per heavy atom. The van der Waals surface area contributed by atoms with E-state index in [9.17, 15) is 17.6 Å². The smallest absolute Gasteiger partial charge is 0.262 e. The molecule has 0 saturated carbocycles. The molecule has 2 N–H and O–H groups in total. The van der Waals surface area contributed by atoms with Crippen LogP contribution in [0.2, 0.25) is 0 Å². The molecule has 0 fully saturated rings. The van der Waals surface area contributed by atoms with Crippen molar-refractivity contribution in [3.63, 3.8) is 0 Å². The van der Waals surface area contributed by atoms with Crippen LogP contribution in [0.5, 0.6) is 5.75 Å². The molecule has 0 aliphatic rings. The Kier molecular flexibility index (Phi) is 6.91. The molecule has 0 unspecified atom stereocenters. The Hall–Kier alpha value is -3.39. The zero-order valence-electron chi connectivity index (χ0n) is 17.2. The molecule has 162 valence electrons. The van der Waals surface area contributed by atoms with Crippen LogP contribution in [0.15, 0.2) is 71.6 Å². The summed E-state index contributed by atoms with van der Waals surface area (Å²) in [6.07, 6.45) is 0.790. The van der Waals surface area contributed by atoms with E-state index in [1.807, 2.05) is 31.2 Å². The number of rotatable bonds is 8. The lowest BCUT2D eigenvalue weighted by molar-refractivity contribution is -0.118. The van der Waals surface area contributed by atoms with Gasteiger partial charge in [0.15, 0.2) is 6.61 Å². The molecule has 0 aromatic heterocycles. The number of halogens is 1. The summed E-state index contributed by atoms with van der Waals surface area (Å²) in [6, 6.07) is 16.9. The van der Waals surface area contributed by atoms with Gasteiger partial charge in [-0.05, 0) is 73.0 Å². The number of hydrogen-bond acceptors (Lipinski definition) is 4. The number of amides is 1. The van der Waals surface area contributed by atoms with Gasteiger partial charge in [-0.2, -0.15) is 0 Å². The molecule has 31 heavy (non-hydrogen) atoms. The van der Waals surface area contributed by atoms with Crippen LogP contribution in [-0.2, 0) is 21.2 Å². The van der Waals surface area contributed by atoms with Crippen molar-refractivity contribution in [2.24, 2.45) is 0 Å². The van der Waals surface area contributed by atoms with Gasteiger partial charge in [-0.25, -0.2) is 12.8 Å². The fourth-order valence-corrected chi connectivity index (χ4v) is 4.11. The first kappa shape index (κ1) is 22.3. The Morgan fingerprint density at radius 1 is 1.03 bits per heavy atom. The van der Waals surface area contributed by atoms with Gasteiger partial charge in [0.1, 0.15) is 11.6 Å². The van der Waals surface area contributed by atoms with E-state index in [0.717, 1.165) is 17.7 Å². The van der Waals surface area contributed by atoms with Gasteiger partial charge in [0.05, 0.1) is 4.90 Å². The molecule has 0 atom stereocenters. The van der Waals surface area contributed by atoms with E-state index in [1.54, 1.807) is 6.92 Å². The normalized spacial score (nSPS) is 11.1. The van der Waals surface area contributed by atoms with Crippen LogP contribution in [-0.4, -0.2) is 20.9 Å². The Balaban J connectivity index is 1.65. The topological polar surface area (TPSA) is 84.5 Å². The maximum absolute atomic E-state index is 13.0. The van der Waals surface area contributed by atoms with Crippen LogP contribution in [0.1, 0.15) is 18.1 Å². The molecule has 0 heterocycles. The minimum Gasteiger partial charge on any atom is -0.483 e. The predicted octanol–water partition coefficient (Wildman–Crippen LogP) is 4.51. The number of para-hydroxylation sites is 1. The number of nitrogens with one attached hydrogen (secondary N) is 2. The van der Waals surface area contributed by atoms with Crippen molar-refractivity contribution in [1.29, 1.82) is 0 Å². The zero-order valence-corrected chi connectivity index (χ0v) is 18.0. The number of hydrogen-bond donors (Lipinski definition) is 2. The number of carbonyl (C=O) groups excluding carboxylic acids is 1. The van der Waals surface area contributed by atoms with Gasteiger partial charge in [0.2, 0.25) is 0 Å². The lowest BCUT2D eigenvalue weighted by atomic mass is 10.1. The predicted molar refractivity (Wildman–Crippen MR) is 118 cm³/mol. The van der Waals surface area contributed by atoms with Crippen molar-refractivity contribution < 1.29 is 22.3 Å². The third-order valence-electron chi connectivity index (χ3n) is 4.58. The molecule has 6 nitrogen and oxygen atoms in total.